The molecule has 1 aliphatic heterocycles. The standard InChI is InChI=1S/C24H30N2O3/c1-4-29-24(28)20-11-8-14-26(16-20)22(19-9-6-5-7-10-19)23(27)25-21-15-17(2)12-13-18(21)3/h5-7,9-10,12-13,15,20,22H,4,8,11,14,16H2,1-3H3,(H,25,27)/p+1/t20-,22+/m1/s1. The first-order valence-corrected chi connectivity index (χ1v) is 10.4. The SMILES string of the molecule is CCOC(=O)[C@@H]1CCC[NH+]([C@H](C(=O)Nc2cc(C)ccc2C)c2ccccc2)C1. The molecule has 3 rings (SSSR count). The second-order valence-electron chi connectivity index (χ2n) is 7.85. The van der Waals surface area contributed by atoms with Crippen LogP contribution in [0.25, 0.3) is 0 Å². The molecule has 2 N–H and O–H groups in total. The third-order valence-corrected chi connectivity index (χ3v) is 5.63. The second kappa shape index (κ2) is 9.70. The van der Waals surface area contributed by atoms with Gasteiger partial charge in [-0.1, -0.05) is 42.5 Å². The Morgan fingerprint density at radius 3 is 2.66 bits per heavy atom. The molecule has 0 spiro atoms. The first-order chi connectivity index (χ1) is 14.0. The Balaban J connectivity index is 1.86. The molecular formula is C24H31N2O3+. The number of piperidine rings is 1. The van der Waals surface area contributed by atoms with Crippen LogP contribution in [0, 0.1) is 19.8 Å². The molecule has 0 aromatic heterocycles. The molecule has 0 aliphatic carbocycles. The van der Waals surface area contributed by atoms with E-state index in [1.807, 2.05) is 69.3 Å². The predicted octanol–water partition coefficient (Wildman–Crippen LogP) is 2.84. The highest BCUT2D eigenvalue weighted by Gasteiger charge is 2.38. The van der Waals surface area contributed by atoms with Gasteiger partial charge < -0.3 is 15.0 Å². The predicted molar refractivity (Wildman–Crippen MR) is 114 cm³/mol. The zero-order valence-electron chi connectivity index (χ0n) is 17.5. The van der Waals surface area contributed by atoms with Crippen LogP contribution < -0.4 is 10.2 Å². The highest BCUT2D eigenvalue weighted by atomic mass is 16.5. The Morgan fingerprint density at radius 1 is 1.17 bits per heavy atom. The minimum atomic E-state index is -0.367. The zero-order chi connectivity index (χ0) is 20.8. The molecule has 5 nitrogen and oxygen atoms in total. The number of carbonyl (C=O) groups excluding carboxylic acids is 2. The lowest BCUT2D eigenvalue weighted by Crippen LogP contribution is -3.15. The van der Waals surface area contributed by atoms with Gasteiger partial charge in [-0.05, 0) is 50.8 Å². The van der Waals surface area contributed by atoms with Gasteiger partial charge in [-0.3, -0.25) is 9.59 Å². The normalized spacial score (nSPS) is 20.0. The van der Waals surface area contributed by atoms with E-state index in [2.05, 4.69) is 5.32 Å². The van der Waals surface area contributed by atoms with Crippen molar-refractivity contribution in [3.8, 4) is 0 Å². The third-order valence-electron chi connectivity index (χ3n) is 5.63. The molecule has 1 unspecified atom stereocenters. The maximum atomic E-state index is 13.4. The summed E-state index contributed by atoms with van der Waals surface area (Å²) in [7, 11) is 0. The summed E-state index contributed by atoms with van der Waals surface area (Å²) in [5, 5.41) is 3.14. The van der Waals surface area contributed by atoms with Crippen LogP contribution in [0.4, 0.5) is 5.69 Å². The number of esters is 1. The number of likely N-dealkylation sites (tertiary alicyclic amines) is 1. The lowest BCUT2D eigenvalue weighted by molar-refractivity contribution is -0.929. The number of nitrogens with one attached hydrogen (secondary N) is 2. The summed E-state index contributed by atoms with van der Waals surface area (Å²) in [4.78, 5) is 26.9. The van der Waals surface area contributed by atoms with Gasteiger partial charge in [0.25, 0.3) is 5.91 Å². The quantitative estimate of drug-likeness (QED) is 0.740. The Labute approximate surface area is 173 Å². The number of hydrogen-bond donors (Lipinski definition) is 2. The highest BCUT2D eigenvalue weighted by Crippen LogP contribution is 2.20. The average molecular weight is 396 g/mol. The third kappa shape index (κ3) is 5.24. The summed E-state index contributed by atoms with van der Waals surface area (Å²) in [5.41, 5.74) is 3.95. The van der Waals surface area contributed by atoms with E-state index in [-0.39, 0.29) is 23.8 Å². The van der Waals surface area contributed by atoms with Crippen molar-refractivity contribution in [2.75, 3.05) is 25.0 Å². The molecule has 1 saturated heterocycles. The van der Waals surface area contributed by atoms with Gasteiger partial charge in [-0.2, -0.15) is 0 Å². The minimum absolute atomic E-state index is 0.0376. The van der Waals surface area contributed by atoms with Gasteiger partial charge in [0.1, 0.15) is 5.92 Å². The van der Waals surface area contributed by atoms with Crippen molar-refractivity contribution in [3.05, 3.63) is 65.2 Å². The van der Waals surface area contributed by atoms with Crippen molar-refractivity contribution in [2.45, 2.75) is 39.7 Å². The van der Waals surface area contributed by atoms with Crippen molar-refractivity contribution >= 4 is 17.6 Å². The van der Waals surface area contributed by atoms with Crippen LogP contribution in [0.2, 0.25) is 0 Å². The van der Waals surface area contributed by atoms with Gasteiger partial charge in [-0.25, -0.2) is 0 Å². The van der Waals surface area contributed by atoms with E-state index in [0.717, 1.165) is 46.7 Å². The van der Waals surface area contributed by atoms with E-state index in [1.165, 1.54) is 0 Å². The molecule has 1 aliphatic rings. The van der Waals surface area contributed by atoms with Gasteiger partial charge in [0.05, 0.1) is 19.7 Å². The molecule has 1 amide bonds. The molecule has 154 valence electrons. The zero-order valence-corrected chi connectivity index (χ0v) is 17.5. The average Bonchev–Trinajstić information content (AvgIpc) is 2.72. The smallest absolute Gasteiger partial charge is 0.314 e. The number of aryl methyl sites for hydroxylation is 2. The highest BCUT2D eigenvalue weighted by molar-refractivity contribution is 5.95. The molecule has 2 aromatic carbocycles. The molecule has 3 atom stereocenters. The number of quaternary nitrogens is 1. The molecule has 0 radical (unpaired) electrons. The van der Waals surface area contributed by atoms with Gasteiger partial charge >= 0.3 is 5.97 Å². The Kier molecular flexibility index (Phi) is 7.04. The monoisotopic (exact) mass is 395 g/mol. The minimum Gasteiger partial charge on any atom is -0.466 e. The number of amides is 1. The largest absolute Gasteiger partial charge is 0.466 e. The second-order valence-corrected chi connectivity index (χ2v) is 7.85. The van der Waals surface area contributed by atoms with Crippen LogP contribution in [0.15, 0.2) is 48.5 Å². The van der Waals surface area contributed by atoms with Crippen molar-refractivity contribution in [2.24, 2.45) is 5.92 Å². The maximum absolute atomic E-state index is 13.4. The number of hydrogen-bond acceptors (Lipinski definition) is 3. The van der Waals surface area contributed by atoms with Crippen LogP contribution in [-0.4, -0.2) is 31.6 Å². The Hall–Kier alpha value is -2.66. The first kappa shape index (κ1) is 21.1. The maximum Gasteiger partial charge on any atom is 0.314 e. The van der Waals surface area contributed by atoms with Gasteiger partial charge in [-0.15, -0.1) is 0 Å². The summed E-state index contributed by atoms with van der Waals surface area (Å²) in [5.74, 6) is -0.339. The summed E-state index contributed by atoms with van der Waals surface area (Å²) < 4.78 is 5.25. The molecule has 0 saturated carbocycles. The number of rotatable bonds is 6. The number of carbonyl (C=O) groups is 2. The lowest BCUT2D eigenvalue weighted by atomic mass is 9.94. The fourth-order valence-electron chi connectivity index (χ4n) is 4.11. The van der Waals surface area contributed by atoms with E-state index < -0.39 is 0 Å². The fraction of sp³-hybridized carbons (Fsp3) is 0.417. The number of anilines is 1. The van der Waals surface area contributed by atoms with Crippen molar-refractivity contribution in [3.63, 3.8) is 0 Å². The van der Waals surface area contributed by atoms with Gasteiger partial charge in [0.15, 0.2) is 6.04 Å². The van der Waals surface area contributed by atoms with Crippen LogP contribution in [0.3, 0.4) is 0 Å². The van der Waals surface area contributed by atoms with Gasteiger partial charge in [0, 0.05) is 11.3 Å². The van der Waals surface area contributed by atoms with E-state index in [9.17, 15) is 9.59 Å². The summed E-state index contributed by atoms with van der Waals surface area (Å²) in [6.07, 6.45) is 1.72. The summed E-state index contributed by atoms with van der Waals surface area (Å²) in [6, 6.07) is 15.6. The molecule has 1 fully saturated rings. The Morgan fingerprint density at radius 2 is 1.93 bits per heavy atom. The summed E-state index contributed by atoms with van der Waals surface area (Å²) in [6.45, 7) is 7.70. The van der Waals surface area contributed by atoms with E-state index in [0.29, 0.717) is 13.2 Å². The van der Waals surface area contributed by atoms with Crippen molar-refractivity contribution in [1.29, 1.82) is 0 Å². The fourth-order valence-corrected chi connectivity index (χ4v) is 4.11. The van der Waals surface area contributed by atoms with Crippen LogP contribution in [0.5, 0.6) is 0 Å². The van der Waals surface area contributed by atoms with Crippen molar-refractivity contribution < 1.29 is 19.2 Å². The number of ether oxygens (including phenoxy) is 1. The van der Waals surface area contributed by atoms with Crippen LogP contribution >= 0.6 is 0 Å². The topological polar surface area (TPSA) is 59.8 Å². The van der Waals surface area contributed by atoms with Gasteiger partial charge in [0.2, 0.25) is 0 Å². The molecule has 29 heavy (non-hydrogen) atoms. The molecule has 1 heterocycles. The molecule has 5 heteroatoms. The van der Waals surface area contributed by atoms with Crippen LogP contribution in [-0.2, 0) is 14.3 Å². The molecular weight excluding hydrogens is 364 g/mol. The number of benzene rings is 2. The first-order valence-electron chi connectivity index (χ1n) is 10.4. The summed E-state index contributed by atoms with van der Waals surface area (Å²) >= 11 is 0. The van der Waals surface area contributed by atoms with Crippen LogP contribution in [0.1, 0.15) is 42.5 Å². The van der Waals surface area contributed by atoms with E-state index in [1.54, 1.807) is 0 Å². The lowest BCUT2D eigenvalue weighted by Gasteiger charge is -2.34. The van der Waals surface area contributed by atoms with E-state index in [4.69, 9.17) is 4.74 Å². The Bertz CT molecular complexity index is 850. The molecule has 2 aromatic rings. The van der Waals surface area contributed by atoms with Crippen molar-refractivity contribution in [1.82, 2.24) is 0 Å². The molecule has 0 bridgehead atoms. The van der Waals surface area contributed by atoms with E-state index >= 15 is 0 Å².